The number of rotatable bonds is 3. The lowest BCUT2D eigenvalue weighted by molar-refractivity contribution is -0.112. The molecule has 6 heteroatoms. The van der Waals surface area contributed by atoms with E-state index < -0.39 is 0 Å². The van der Waals surface area contributed by atoms with Crippen molar-refractivity contribution in [1.29, 1.82) is 0 Å². The van der Waals surface area contributed by atoms with Crippen LogP contribution in [0.3, 0.4) is 0 Å². The van der Waals surface area contributed by atoms with E-state index >= 15 is 0 Å². The highest BCUT2D eigenvalue weighted by molar-refractivity contribution is 14.1. The summed E-state index contributed by atoms with van der Waals surface area (Å²) in [5, 5.41) is 12.0. The number of carbonyl (C=O) groups excluding carboxylic acids is 1. The van der Waals surface area contributed by atoms with Crippen LogP contribution in [-0.4, -0.2) is 17.4 Å². The Morgan fingerprint density at radius 3 is 2.79 bits per heavy atom. The number of phenolic OH excluding ortho intramolecular Hbond substituents is 1. The van der Waals surface area contributed by atoms with E-state index in [1.54, 1.807) is 19.1 Å². The second-order valence-corrected chi connectivity index (χ2v) is 8.09. The Balaban J connectivity index is 2.27. The van der Waals surface area contributed by atoms with Crippen LogP contribution in [0.15, 0.2) is 46.3 Å². The molecule has 2 aromatic rings. The molecule has 1 aliphatic rings. The third-order valence-electron chi connectivity index (χ3n) is 3.71. The summed E-state index contributed by atoms with van der Waals surface area (Å²) in [4.78, 5) is 14.6. The molecule has 0 unspecified atom stereocenters. The van der Waals surface area contributed by atoms with Crippen molar-refractivity contribution in [1.82, 2.24) is 0 Å². The first-order valence-corrected chi connectivity index (χ1v) is 9.68. The summed E-state index contributed by atoms with van der Waals surface area (Å²) >= 11 is 10.2. The van der Waals surface area contributed by atoms with Crippen molar-refractivity contribution in [2.24, 2.45) is 0 Å². The molecule has 0 saturated carbocycles. The van der Waals surface area contributed by atoms with E-state index in [1.165, 1.54) is 11.8 Å². The summed E-state index contributed by atoms with van der Waals surface area (Å²) in [6.07, 6.45) is 1.63. The van der Waals surface area contributed by atoms with Crippen LogP contribution in [0.25, 0.3) is 11.1 Å². The molecule has 0 amide bonds. The average molecular weight is 472 g/mol. The van der Waals surface area contributed by atoms with Crippen LogP contribution in [0, 0.1) is 3.57 Å². The molecule has 0 atom stereocenters. The van der Waals surface area contributed by atoms with E-state index in [4.69, 9.17) is 11.6 Å². The fraction of sp³-hybridized carbons (Fsp3) is 0.167. The molecule has 0 bridgehead atoms. The van der Waals surface area contributed by atoms with E-state index in [-0.39, 0.29) is 11.5 Å². The SMILES string of the molecule is CCN1/C(=C/C(C)=O)Sc2ccc(O)c(-c3cc(I)ccc3Cl)c21. The quantitative estimate of drug-likeness (QED) is 0.462. The highest BCUT2D eigenvalue weighted by atomic mass is 127. The van der Waals surface area contributed by atoms with Gasteiger partial charge in [-0.05, 0) is 66.8 Å². The minimum Gasteiger partial charge on any atom is -0.507 e. The van der Waals surface area contributed by atoms with Crippen LogP contribution in [0.1, 0.15) is 13.8 Å². The lowest BCUT2D eigenvalue weighted by atomic mass is 10.0. The number of allylic oxidation sites excluding steroid dienone is 1. The summed E-state index contributed by atoms with van der Waals surface area (Å²) in [5.41, 5.74) is 2.40. The molecular formula is C18H15ClINO2S. The van der Waals surface area contributed by atoms with Crippen molar-refractivity contribution in [3.05, 3.63) is 50.0 Å². The zero-order valence-electron chi connectivity index (χ0n) is 13.1. The second-order valence-electron chi connectivity index (χ2n) is 5.37. The number of fused-ring (bicyclic) bond motifs is 1. The van der Waals surface area contributed by atoms with Gasteiger partial charge < -0.3 is 10.0 Å². The molecule has 1 N–H and O–H groups in total. The molecule has 0 aromatic heterocycles. The van der Waals surface area contributed by atoms with Crippen LogP contribution in [-0.2, 0) is 4.79 Å². The van der Waals surface area contributed by atoms with Gasteiger partial charge in [-0.3, -0.25) is 4.79 Å². The fourth-order valence-corrected chi connectivity index (χ4v) is 4.67. The zero-order chi connectivity index (χ0) is 17.4. The molecule has 0 saturated heterocycles. The van der Waals surface area contributed by atoms with Crippen molar-refractivity contribution in [2.45, 2.75) is 18.7 Å². The molecule has 1 heterocycles. The van der Waals surface area contributed by atoms with Gasteiger partial charge in [0.15, 0.2) is 5.78 Å². The van der Waals surface area contributed by atoms with Gasteiger partial charge >= 0.3 is 0 Å². The summed E-state index contributed by atoms with van der Waals surface area (Å²) in [6.45, 7) is 4.25. The molecule has 0 spiro atoms. The molecule has 3 rings (SSSR count). The first-order valence-electron chi connectivity index (χ1n) is 7.41. The molecule has 124 valence electrons. The highest BCUT2D eigenvalue weighted by Crippen LogP contribution is 2.54. The predicted octanol–water partition coefficient (Wildman–Crippen LogP) is 5.68. The Labute approximate surface area is 163 Å². The van der Waals surface area contributed by atoms with Gasteiger partial charge in [-0.2, -0.15) is 0 Å². The molecular weight excluding hydrogens is 457 g/mol. The van der Waals surface area contributed by atoms with E-state index in [1.807, 2.05) is 36.1 Å². The highest BCUT2D eigenvalue weighted by Gasteiger charge is 2.30. The van der Waals surface area contributed by atoms with Crippen molar-refractivity contribution < 1.29 is 9.90 Å². The monoisotopic (exact) mass is 471 g/mol. The maximum atomic E-state index is 11.5. The van der Waals surface area contributed by atoms with Crippen LogP contribution < -0.4 is 4.90 Å². The van der Waals surface area contributed by atoms with Crippen molar-refractivity contribution in [3.63, 3.8) is 0 Å². The normalized spacial score (nSPS) is 15.0. The Kier molecular flexibility index (Phi) is 5.13. The maximum absolute atomic E-state index is 11.5. The molecule has 3 nitrogen and oxygen atoms in total. The molecule has 2 aromatic carbocycles. The minimum absolute atomic E-state index is 0.00169. The van der Waals surface area contributed by atoms with Gasteiger partial charge in [-0.25, -0.2) is 0 Å². The number of anilines is 1. The number of thioether (sulfide) groups is 1. The third kappa shape index (κ3) is 3.17. The number of benzene rings is 2. The second kappa shape index (κ2) is 6.98. The molecule has 24 heavy (non-hydrogen) atoms. The van der Waals surface area contributed by atoms with Crippen molar-refractivity contribution in [3.8, 4) is 16.9 Å². The predicted molar refractivity (Wildman–Crippen MR) is 109 cm³/mol. The van der Waals surface area contributed by atoms with Gasteiger partial charge in [0, 0.05) is 37.2 Å². The zero-order valence-corrected chi connectivity index (χ0v) is 16.9. The first-order chi connectivity index (χ1) is 11.4. The summed E-state index contributed by atoms with van der Waals surface area (Å²) in [7, 11) is 0. The number of hydrogen-bond donors (Lipinski definition) is 1. The Bertz CT molecular complexity index is 866. The van der Waals surface area contributed by atoms with Gasteiger partial charge in [0.1, 0.15) is 5.75 Å². The van der Waals surface area contributed by atoms with Crippen LogP contribution in [0.5, 0.6) is 5.75 Å². The van der Waals surface area contributed by atoms with Gasteiger partial charge in [-0.1, -0.05) is 23.4 Å². The molecule has 0 fully saturated rings. The number of nitrogens with zero attached hydrogens (tertiary/aromatic N) is 1. The maximum Gasteiger partial charge on any atom is 0.155 e. The van der Waals surface area contributed by atoms with E-state index in [0.29, 0.717) is 17.1 Å². The van der Waals surface area contributed by atoms with Crippen molar-refractivity contribution >= 4 is 57.4 Å². The topological polar surface area (TPSA) is 40.5 Å². The summed E-state index contributed by atoms with van der Waals surface area (Å²) in [6, 6.07) is 9.29. The lowest BCUT2D eigenvalue weighted by Crippen LogP contribution is -2.18. The molecule has 0 aliphatic carbocycles. The largest absolute Gasteiger partial charge is 0.507 e. The number of hydrogen-bond acceptors (Lipinski definition) is 4. The van der Waals surface area contributed by atoms with E-state index in [0.717, 1.165) is 24.7 Å². The summed E-state index contributed by atoms with van der Waals surface area (Å²) in [5.74, 6) is 0.183. The number of aromatic hydroxyl groups is 1. The van der Waals surface area contributed by atoms with Gasteiger partial charge in [-0.15, -0.1) is 0 Å². The Morgan fingerprint density at radius 1 is 1.38 bits per heavy atom. The van der Waals surface area contributed by atoms with Gasteiger partial charge in [0.25, 0.3) is 0 Å². The lowest BCUT2D eigenvalue weighted by Gasteiger charge is -2.22. The van der Waals surface area contributed by atoms with Gasteiger partial charge in [0.05, 0.1) is 10.7 Å². The number of carbonyl (C=O) groups is 1. The smallest absolute Gasteiger partial charge is 0.155 e. The van der Waals surface area contributed by atoms with Crippen molar-refractivity contribution in [2.75, 3.05) is 11.4 Å². The van der Waals surface area contributed by atoms with Crippen LogP contribution in [0.4, 0.5) is 5.69 Å². The molecule has 1 aliphatic heterocycles. The summed E-state index contributed by atoms with van der Waals surface area (Å²) < 4.78 is 1.04. The average Bonchev–Trinajstić information content (AvgIpc) is 2.86. The fourth-order valence-electron chi connectivity index (χ4n) is 2.74. The van der Waals surface area contributed by atoms with E-state index in [2.05, 4.69) is 22.6 Å². The van der Waals surface area contributed by atoms with Crippen LogP contribution in [0.2, 0.25) is 5.02 Å². The first kappa shape index (κ1) is 17.6. The third-order valence-corrected chi connectivity index (χ3v) is 5.81. The molecule has 0 radical (unpaired) electrons. The Morgan fingerprint density at radius 2 is 2.12 bits per heavy atom. The number of halogens is 2. The minimum atomic E-state index is 0.00169. The van der Waals surface area contributed by atoms with Gasteiger partial charge in [0.2, 0.25) is 0 Å². The standard InChI is InChI=1S/C18H15ClINO2S/c1-3-21-16(8-10(2)22)24-15-7-6-14(23)17(18(15)21)12-9-11(20)4-5-13(12)19/h4-9,23H,3H2,1-2H3/b16-8-. The Hall–Kier alpha value is -1.18. The van der Waals surface area contributed by atoms with E-state index in [9.17, 15) is 9.90 Å². The number of phenols is 1. The van der Waals surface area contributed by atoms with Crippen LogP contribution >= 0.6 is 46.0 Å². The number of ketones is 1.